The van der Waals surface area contributed by atoms with Crippen LogP contribution in [-0.4, -0.2) is 15.0 Å². The van der Waals surface area contributed by atoms with Gasteiger partial charge in [0.25, 0.3) is 0 Å². The second kappa shape index (κ2) is 4.59. The molecule has 0 atom stereocenters. The molecule has 0 radical (unpaired) electrons. The molecule has 3 nitrogen and oxygen atoms in total. The summed E-state index contributed by atoms with van der Waals surface area (Å²) in [7, 11) is 0. The maximum Gasteiger partial charge on any atom is 0.161 e. The Morgan fingerprint density at radius 1 is 1.33 bits per heavy atom. The van der Waals surface area contributed by atoms with E-state index >= 15 is 0 Å². The van der Waals surface area contributed by atoms with Crippen molar-refractivity contribution in [3.63, 3.8) is 0 Å². The lowest BCUT2D eigenvalue weighted by Crippen LogP contribution is -1.98. The minimum atomic E-state index is 0.484. The van der Waals surface area contributed by atoms with Gasteiger partial charge >= 0.3 is 0 Å². The Labute approximate surface area is 119 Å². The fourth-order valence-corrected chi connectivity index (χ4v) is 2.59. The number of hydrogen-bond donors (Lipinski definition) is 0. The first-order chi connectivity index (χ1) is 8.66. The molecule has 0 spiro atoms. The lowest BCUT2D eigenvalue weighted by molar-refractivity contribution is 0.977. The van der Waals surface area contributed by atoms with E-state index in [-0.39, 0.29) is 0 Å². The van der Waals surface area contributed by atoms with Gasteiger partial charge in [-0.2, -0.15) is 0 Å². The molecule has 0 amide bonds. The molecule has 0 bridgehead atoms. The highest BCUT2D eigenvalue weighted by molar-refractivity contribution is 9.10. The van der Waals surface area contributed by atoms with Crippen LogP contribution in [0.3, 0.4) is 0 Å². The molecular formula is C13H11BrClN3. The highest BCUT2D eigenvalue weighted by atomic mass is 79.9. The predicted molar refractivity (Wildman–Crippen MR) is 74.7 cm³/mol. The molecular weight excluding hydrogens is 314 g/mol. The Bertz CT molecular complexity index is 611. The van der Waals surface area contributed by atoms with E-state index < -0.39 is 0 Å². The van der Waals surface area contributed by atoms with Gasteiger partial charge in [-0.1, -0.05) is 11.6 Å². The van der Waals surface area contributed by atoms with Gasteiger partial charge in [0.2, 0.25) is 0 Å². The highest BCUT2D eigenvalue weighted by Gasteiger charge is 2.29. The lowest BCUT2D eigenvalue weighted by Gasteiger charge is -2.08. The molecule has 2 aromatic rings. The van der Waals surface area contributed by atoms with Crippen molar-refractivity contribution in [1.82, 2.24) is 15.0 Å². The molecule has 1 saturated carbocycles. The second-order valence-corrected chi connectivity index (χ2v) is 5.65. The summed E-state index contributed by atoms with van der Waals surface area (Å²) < 4.78 is 0.835. The van der Waals surface area contributed by atoms with Crippen molar-refractivity contribution in [3.8, 4) is 11.4 Å². The first kappa shape index (κ1) is 12.1. The summed E-state index contributed by atoms with van der Waals surface area (Å²) in [6.45, 7) is 2.00. The zero-order valence-corrected chi connectivity index (χ0v) is 12.2. The van der Waals surface area contributed by atoms with Crippen molar-refractivity contribution in [2.45, 2.75) is 25.7 Å². The Balaban J connectivity index is 2.16. The minimum Gasteiger partial charge on any atom is -0.264 e. The summed E-state index contributed by atoms with van der Waals surface area (Å²) in [6.07, 6.45) is 5.92. The molecule has 2 heterocycles. The van der Waals surface area contributed by atoms with E-state index in [4.69, 9.17) is 11.6 Å². The molecule has 92 valence electrons. The fraction of sp³-hybridized carbons (Fsp3) is 0.308. The average Bonchev–Trinajstić information content (AvgIpc) is 3.17. The van der Waals surface area contributed by atoms with Crippen LogP contribution in [0, 0.1) is 6.92 Å². The zero-order chi connectivity index (χ0) is 12.7. The van der Waals surface area contributed by atoms with Crippen LogP contribution in [0.1, 0.15) is 30.0 Å². The summed E-state index contributed by atoms with van der Waals surface area (Å²) in [5, 5.41) is 0.484. The van der Waals surface area contributed by atoms with Crippen LogP contribution in [-0.2, 0) is 0 Å². The SMILES string of the molecule is Cc1cnccc1-c1nc(Cl)c(Br)c(C2CC2)n1. The van der Waals surface area contributed by atoms with Crippen molar-refractivity contribution < 1.29 is 0 Å². The molecule has 5 heteroatoms. The van der Waals surface area contributed by atoms with E-state index in [1.807, 2.05) is 19.2 Å². The summed E-state index contributed by atoms with van der Waals surface area (Å²) in [5.74, 6) is 1.21. The first-order valence-electron chi connectivity index (χ1n) is 5.80. The van der Waals surface area contributed by atoms with E-state index in [0.29, 0.717) is 16.9 Å². The van der Waals surface area contributed by atoms with Gasteiger partial charge in [0, 0.05) is 23.9 Å². The van der Waals surface area contributed by atoms with Crippen molar-refractivity contribution in [2.75, 3.05) is 0 Å². The standard InChI is InChI=1S/C13H11BrClN3/c1-7-6-16-5-4-9(7)13-17-11(8-2-3-8)10(14)12(15)18-13/h4-6,8H,2-3H2,1H3. The predicted octanol–water partition coefficient (Wildman–Crippen LogP) is 4.14. The highest BCUT2D eigenvalue weighted by Crippen LogP contribution is 2.44. The zero-order valence-electron chi connectivity index (χ0n) is 9.82. The van der Waals surface area contributed by atoms with Crippen LogP contribution < -0.4 is 0 Å². The molecule has 2 aromatic heterocycles. The number of halogens is 2. The van der Waals surface area contributed by atoms with Crippen LogP contribution in [0.4, 0.5) is 0 Å². The molecule has 0 saturated heterocycles. The normalized spacial score (nSPS) is 14.8. The van der Waals surface area contributed by atoms with Crippen LogP contribution in [0.15, 0.2) is 22.9 Å². The molecule has 3 rings (SSSR count). The third-order valence-corrected chi connectivity index (χ3v) is 4.35. The number of nitrogens with zero attached hydrogens (tertiary/aromatic N) is 3. The summed E-state index contributed by atoms with van der Waals surface area (Å²) in [5.41, 5.74) is 3.07. The maximum absolute atomic E-state index is 6.18. The third kappa shape index (κ3) is 2.15. The fourth-order valence-electron chi connectivity index (χ4n) is 1.91. The summed E-state index contributed by atoms with van der Waals surface area (Å²) >= 11 is 9.66. The van der Waals surface area contributed by atoms with Gasteiger partial charge in [-0.3, -0.25) is 4.98 Å². The van der Waals surface area contributed by atoms with Crippen LogP contribution >= 0.6 is 27.5 Å². The Hall–Kier alpha value is -1.00. The maximum atomic E-state index is 6.18. The van der Waals surface area contributed by atoms with Gasteiger partial charge in [0.1, 0.15) is 5.15 Å². The molecule has 0 aliphatic heterocycles. The van der Waals surface area contributed by atoms with Gasteiger partial charge in [0.15, 0.2) is 5.82 Å². The van der Waals surface area contributed by atoms with Crippen LogP contribution in [0.25, 0.3) is 11.4 Å². The molecule has 0 unspecified atom stereocenters. The molecule has 1 fully saturated rings. The lowest BCUT2D eigenvalue weighted by atomic mass is 10.1. The number of aryl methyl sites for hydroxylation is 1. The van der Waals surface area contributed by atoms with E-state index in [1.54, 1.807) is 6.20 Å². The monoisotopic (exact) mass is 323 g/mol. The van der Waals surface area contributed by atoms with Gasteiger partial charge in [0.05, 0.1) is 10.2 Å². The largest absolute Gasteiger partial charge is 0.264 e. The van der Waals surface area contributed by atoms with Gasteiger partial charge < -0.3 is 0 Å². The van der Waals surface area contributed by atoms with Crippen molar-refractivity contribution in [1.29, 1.82) is 0 Å². The van der Waals surface area contributed by atoms with Crippen molar-refractivity contribution >= 4 is 27.5 Å². The smallest absolute Gasteiger partial charge is 0.161 e. The molecule has 1 aliphatic carbocycles. The Morgan fingerprint density at radius 3 is 2.78 bits per heavy atom. The average molecular weight is 325 g/mol. The third-order valence-electron chi connectivity index (χ3n) is 3.06. The van der Waals surface area contributed by atoms with Crippen molar-refractivity contribution in [3.05, 3.63) is 39.3 Å². The molecule has 18 heavy (non-hydrogen) atoms. The Morgan fingerprint density at radius 2 is 2.11 bits per heavy atom. The van der Waals surface area contributed by atoms with Crippen LogP contribution in [0.5, 0.6) is 0 Å². The van der Waals surface area contributed by atoms with E-state index in [1.165, 1.54) is 12.8 Å². The molecule has 0 N–H and O–H groups in total. The van der Waals surface area contributed by atoms with E-state index in [2.05, 4.69) is 30.9 Å². The molecule has 0 aromatic carbocycles. The topological polar surface area (TPSA) is 38.7 Å². The summed E-state index contributed by atoms with van der Waals surface area (Å²) in [6, 6.07) is 1.92. The van der Waals surface area contributed by atoms with Gasteiger partial charge in [-0.15, -0.1) is 0 Å². The number of pyridine rings is 1. The Kier molecular flexibility index (Phi) is 3.08. The van der Waals surface area contributed by atoms with E-state index in [0.717, 1.165) is 21.3 Å². The minimum absolute atomic E-state index is 0.484. The summed E-state index contributed by atoms with van der Waals surface area (Å²) in [4.78, 5) is 13.1. The number of aromatic nitrogens is 3. The molecule has 1 aliphatic rings. The van der Waals surface area contributed by atoms with Crippen LogP contribution in [0.2, 0.25) is 5.15 Å². The second-order valence-electron chi connectivity index (χ2n) is 4.50. The van der Waals surface area contributed by atoms with Gasteiger partial charge in [-0.05, 0) is 47.3 Å². The quantitative estimate of drug-likeness (QED) is 0.779. The van der Waals surface area contributed by atoms with E-state index in [9.17, 15) is 0 Å². The number of rotatable bonds is 2. The van der Waals surface area contributed by atoms with Gasteiger partial charge in [-0.25, -0.2) is 9.97 Å². The van der Waals surface area contributed by atoms with Crippen molar-refractivity contribution in [2.24, 2.45) is 0 Å². The first-order valence-corrected chi connectivity index (χ1v) is 6.98. The number of hydrogen-bond acceptors (Lipinski definition) is 3.